The number of aryl methyl sites for hydroxylation is 2. The average Bonchev–Trinajstić information content (AvgIpc) is 2.33. The van der Waals surface area contributed by atoms with Crippen molar-refractivity contribution in [1.29, 1.82) is 0 Å². The molecule has 1 heterocycles. The van der Waals surface area contributed by atoms with Crippen LogP contribution in [0.5, 0.6) is 0 Å². The van der Waals surface area contributed by atoms with E-state index in [0.29, 0.717) is 13.0 Å². The Morgan fingerprint density at radius 3 is 2.47 bits per heavy atom. The summed E-state index contributed by atoms with van der Waals surface area (Å²) in [6.45, 7) is 4.32. The van der Waals surface area contributed by atoms with Gasteiger partial charge in [0.25, 0.3) is 0 Å². The Balaban J connectivity index is 0.00000196. The monoisotopic (exact) mass is 256 g/mol. The molecule has 0 N–H and O–H groups in total. The van der Waals surface area contributed by atoms with Crippen molar-refractivity contribution in [2.24, 2.45) is 0 Å². The van der Waals surface area contributed by atoms with Gasteiger partial charge in [-0.1, -0.05) is 0 Å². The number of hydrogen-bond donors (Lipinski definition) is 0. The first-order valence-electron chi connectivity index (χ1n) is 4.32. The molecular weight excluding hydrogens is 243 g/mol. The normalized spacial score (nSPS) is 11.1. The van der Waals surface area contributed by atoms with Crippen LogP contribution >= 0.6 is 0 Å². The maximum atomic E-state index is 10.3. The Bertz CT molecular complexity index is 414. The molecule has 1 rings (SSSR count). The summed E-state index contributed by atoms with van der Waals surface area (Å²) in [6, 6.07) is 0. The Labute approximate surface area is 132 Å². The molecule has 0 radical (unpaired) electrons. The van der Waals surface area contributed by atoms with E-state index in [9.17, 15) is 13.0 Å². The van der Waals surface area contributed by atoms with Crippen LogP contribution < -0.4 is 51.4 Å². The predicted molar refractivity (Wildman–Crippen MR) is 50.9 cm³/mol. The summed E-state index contributed by atoms with van der Waals surface area (Å²) in [6.07, 6.45) is 1.99. The molecule has 0 fully saturated rings. The summed E-state index contributed by atoms with van der Waals surface area (Å²) in [7, 11) is -4.08. The third-order valence-electron chi connectivity index (χ3n) is 2.14. The largest absolute Gasteiger partial charge is 1.00 e. The van der Waals surface area contributed by atoms with Crippen LogP contribution in [-0.4, -0.2) is 28.3 Å². The Morgan fingerprint density at radius 1 is 1.47 bits per heavy atom. The quantitative estimate of drug-likeness (QED) is 0.439. The van der Waals surface area contributed by atoms with E-state index in [1.165, 1.54) is 0 Å². The predicted octanol–water partition coefficient (Wildman–Crippen LogP) is -2.56. The van der Waals surface area contributed by atoms with Gasteiger partial charge >= 0.3 is 51.4 Å². The van der Waals surface area contributed by atoms with Gasteiger partial charge in [-0.25, -0.2) is 13.4 Å². The van der Waals surface area contributed by atoms with E-state index in [1.54, 1.807) is 6.33 Å². The molecule has 0 saturated carbocycles. The molecular formula is C8H13KN2O3S. The van der Waals surface area contributed by atoms with E-state index in [-0.39, 0.29) is 57.1 Å². The summed E-state index contributed by atoms with van der Waals surface area (Å²) in [5.74, 6) is -0.316. The zero-order valence-corrected chi connectivity index (χ0v) is 13.2. The molecule has 0 atom stereocenters. The van der Waals surface area contributed by atoms with Gasteiger partial charge in [-0.2, -0.15) is 0 Å². The van der Waals surface area contributed by atoms with Gasteiger partial charge < -0.3 is 9.12 Å². The number of rotatable bonds is 4. The van der Waals surface area contributed by atoms with Crippen molar-refractivity contribution in [3.05, 3.63) is 17.7 Å². The van der Waals surface area contributed by atoms with Gasteiger partial charge in [0, 0.05) is 18.0 Å². The van der Waals surface area contributed by atoms with Crippen molar-refractivity contribution >= 4 is 10.1 Å². The fraction of sp³-hybridized carbons (Fsp3) is 0.625. The van der Waals surface area contributed by atoms with Gasteiger partial charge in [0.2, 0.25) is 0 Å². The van der Waals surface area contributed by atoms with Gasteiger partial charge in [0.15, 0.2) is 0 Å². The topological polar surface area (TPSA) is 75.0 Å². The second-order valence-electron chi connectivity index (χ2n) is 3.22. The van der Waals surface area contributed by atoms with Crippen molar-refractivity contribution in [2.75, 3.05) is 5.75 Å². The zero-order chi connectivity index (χ0) is 10.8. The van der Waals surface area contributed by atoms with Crippen LogP contribution in [-0.2, 0) is 16.7 Å². The van der Waals surface area contributed by atoms with Gasteiger partial charge in [-0.3, -0.25) is 0 Å². The van der Waals surface area contributed by atoms with E-state index in [0.717, 1.165) is 11.4 Å². The van der Waals surface area contributed by atoms with Crippen molar-refractivity contribution in [3.8, 4) is 0 Å². The summed E-state index contributed by atoms with van der Waals surface area (Å²) < 4.78 is 32.8. The molecule has 0 aliphatic rings. The number of aromatic nitrogens is 2. The number of hydrogen-bond acceptors (Lipinski definition) is 4. The second-order valence-corrected chi connectivity index (χ2v) is 4.75. The van der Waals surface area contributed by atoms with E-state index >= 15 is 0 Å². The molecule has 0 aliphatic heterocycles. The Morgan fingerprint density at radius 2 is 2.07 bits per heavy atom. The minimum absolute atomic E-state index is 0. The minimum Gasteiger partial charge on any atom is -0.748 e. The number of imidazole rings is 1. The van der Waals surface area contributed by atoms with Crippen LogP contribution in [0.4, 0.5) is 0 Å². The van der Waals surface area contributed by atoms with Crippen LogP contribution in [0, 0.1) is 13.8 Å². The molecule has 80 valence electrons. The Kier molecular flexibility index (Phi) is 6.81. The van der Waals surface area contributed by atoms with E-state index in [2.05, 4.69) is 4.98 Å². The summed E-state index contributed by atoms with van der Waals surface area (Å²) >= 11 is 0. The molecule has 0 aliphatic carbocycles. The van der Waals surface area contributed by atoms with Gasteiger partial charge in [0.1, 0.15) is 0 Å². The molecule has 1 aromatic heterocycles. The molecule has 7 heteroatoms. The molecule has 15 heavy (non-hydrogen) atoms. The molecule has 0 spiro atoms. The van der Waals surface area contributed by atoms with Crippen LogP contribution in [0.1, 0.15) is 17.8 Å². The van der Waals surface area contributed by atoms with Gasteiger partial charge in [-0.05, 0) is 20.3 Å². The Hall–Kier alpha value is 0.756. The molecule has 5 nitrogen and oxygen atoms in total. The second kappa shape index (κ2) is 6.48. The zero-order valence-electron chi connectivity index (χ0n) is 9.23. The van der Waals surface area contributed by atoms with E-state index < -0.39 is 10.1 Å². The third kappa shape index (κ3) is 5.57. The summed E-state index contributed by atoms with van der Waals surface area (Å²) in [5, 5.41) is 0. The molecule has 0 bridgehead atoms. The first-order chi connectivity index (χ1) is 6.40. The molecule has 0 amide bonds. The van der Waals surface area contributed by atoms with Gasteiger partial charge in [-0.15, -0.1) is 0 Å². The van der Waals surface area contributed by atoms with Crippen LogP contribution in [0.2, 0.25) is 0 Å². The fourth-order valence-corrected chi connectivity index (χ4v) is 1.66. The van der Waals surface area contributed by atoms with Crippen molar-refractivity contribution < 1.29 is 64.4 Å². The SMILES string of the molecule is Cc1ncn(CCCS(=O)(=O)[O-])c1C.[K+]. The minimum atomic E-state index is -4.08. The number of nitrogens with zero attached hydrogens (tertiary/aromatic N) is 2. The summed E-state index contributed by atoms with van der Waals surface area (Å²) in [4.78, 5) is 4.07. The van der Waals surface area contributed by atoms with Crippen molar-refractivity contribution in [3.63, 3.8) is 0 Å². The van der Waals surface area contributed by atoms with E-state index in [4.69, 9.17) is 0 Å². The van der Waals surface area contributed by atoms with E-state index in [1.807, 2.05) is 18.4 Å². The smallest absolute Gasteiger partial charge is 0.748 e. The summed E-state index contributed by atoms with van der Waals surface area (Å²) in [5.41, 5.74) is 1.93. The van der Waals surface area contributed by atoms with Gasteiger partial charge in [0.05, 0.1) is 22.1 Å². The fourth-order valence-electron chi connectivity index (χ4n) is 1.18. The first-order valence-corrected chi connectivity index (χ1v) is 5.90. The van der Waals surface area contributed by atoms with Crippen LogP contribution in [0.15, 0.2) is 6.33 Å². The first kappa shape index (κ1) is 15.8. The van der Waals surface area contributed by atoms with Crippen molar-refractivity contribution in [2.45, 2.75) is 26.8 Å². The van der Waals surface area contributed by atoms with Crippen LogP contribution in [0.3, 0.4) is 0 Å². The standard InChI is InChI=1S/C8H14N2O3S.K/c1-7-8(2)10(6-9-7)4-3-5-14(11,12)13;/h6H,3-5H2,1-2H3,(H,11,12,13);/q;+1/p-1. The molecule has 0 unspecified atom stereocenters. The molecule has 1 aromatic rings. The maximum absolute atomic E-state index is 10.3. The van der Waals surface area contributed by atoms with Crippen LogP contribution in [0.25, 0.3) is 0 Å². The molecule has 0 aromatic carbocycles. The average molecular weight is 256 g/mol. The maximum Gasteiger partial charge on any atom is 1.00 e. The molecule has 0 saturated heterocycles. The third-order valence-corrected chi connectivity index (χ3v) is 2.93. The van der Waals surface area contributed by atoms with Crippen molar-refractivity contribution in [1.82, 2.24) is 9.55 Å².